The molecule has 0 amide bonds. The smallest absolute Gasteiger partial charge is 0.399 e. The predicted molar refractivity (Wildman–Crippen MR) is 308 cm³/mol. The lowest BCUT2D eigenvalue weighted by Crippen LogP contribution is -2.41. The molecule has 1 aliphatic rings. The standard InChI is InChI=1S/C68H53BN4O2/c1-67(2)68(3,4)75-69(74-67)56-33-27-48(28-34-56)65-38-32-52(45-73-65)66-37-31-51(44-72-66)59-23-13-16-26-62(59)55-40-53(60-24-14-11-21-57(60)49-29-35-63(70-42-49)46-17-7-5-8-18-46)39-54(41-55)61-25-15-12-22-58(61)50-30-36-64(71-43-50)47-19-9-6-10-20-47/h5-45H,1-4H3. The molecule has 0 unspecified atom stereocenters. The van der Waals surface area contributed by atoms with E-state index in [1.54, 1.807) is 0 Å². The SMILES string of the molecule is CC1(C)OB(c2ccc(-c3ccc(-c4ccc(-c5ccccc5-c5cc(-c6ccccc6-c6ccc(-c7ccccc7)nc6)cc(-c6ccccc6-c6ccc(-c7ccccc7)nc6)c5)cn4)cn3)cc2)OC1(C)C. The molecular weight excluding hydrogens is 916 g/mol. The third-order valence-corrected chi connectivity index (χ3v) is 14.8. The summed E-state index contributed by atoms with van der Waals surface area (Å²) in [5.41, 5.74) is 21.0. The van der Waals surface area contributed by atoms with E-state index >= 15 is 0 Å². The summed E-state index contributed by atoms with van der Waals surface area (Å²) in [5.74, 6) is 0. The first-order valence-corrected chi connectivity index (χ1v) is 25.5. The molecule has 0 spiro atoms. The largest absolute Gasteiger partial charge is 0.494 e. The first kappa shape index (κ1) is 47.1. The van der Waals surface area contributed by atoms with Gasteiger partial charge in [-0.1, -0.05) is 176 Å². The van der Waals surface area contributed by atoms with Gasteiger partial charge in [-0.3, -0.25) is 19.9 Å². The van der Waals surface area contributed by atoms with Gasteiger partial charge in [0.2, 0.25) is 0 Å². The van der Waals surface area contributed by atoms with Gasteiger partial charge in [0.05, 0.1) is 34.0 Å². The number of benzene rings is 7. The molecule has 0 N–H and O–H groups in total. The lowest BCUT2D eigenvalue weighted by molar-refractivity contribution is 0.00578. The lowest BCUT2D eigenvalue weighted by atomic mass is 9.79. The van der Waals surface area contributed by atoms with Crippen molar-refractivity contribution in [3.8, 4) is 112 Å². The topological polar surface area (TPSA) is 70.0 Å². The van der Waals surface area contributed by atoms with Crippen LogP contribution in [0.3, 0.4) is 0 Å². The van der Waals surface area contributed by atoms with Crippen molar-refractivity contribution >= 4 is 12.6 Å². The molecule has 0 radical (unpaired) electrons. The number of hydrogen-bond acceptors (Lipinski definition) is 6. The third-order valence-electron chi connectivity index (χ3n) is 14.8. The van der Waals surface area contributed by atoms with Crippen LogP contribution >= 0.6 is 0 Å². The average Bonchev–Trinajstić information content (AvgIpc) is 3.70. The highest BCUT2D eigenvalue weighted by molar-refractivity contribution is 6.62. The molecule has 360 valence electrons. The summed E-state index contributed by atoms with van der Waals surface area (Å²) in [6, 6.07) is 78.8. The monoisotopic (exact) mass is 968 g/mol. The Morgan fingerprint density at radius 3 is 0.853 bits per heavy atom. The fourth-order valence-electron chi connectivity index (χ4n) is 9.95. The summed E-state index contributed by atoms with van der Waals surface area (Å²) in [6.45, 7) is 8.29. The highest BCUT2D eigenvalue weighted by Crippen LogP contribution is 2.43. The van der Waals surface area contributed by atoms with E-state index in [4.69, 9.17) is 29.2 Å². The van der Waals surface area contributed by atoms with Gasteiger partial charge in [0.15, 0.2) is 0 Å². The predicted octanol–water partition coefficient (Wildman–Crippen LogP) is 16.2. The molecule has 0 aliphatic carbocycles. The molecule has 7 aromatic carbocycles. The van der Waals surface area contributed by atoms with E-state index in [-0.39, 0.29) is 0 Å². The van der Waals surface area contributed by atoms with Crippen molar-refractivity contribution in [2.24, 2.45) is 0 Å². The zero-order valence-electron chi connectivity index (χ0n) is 42.4. The fourth-order valence-corrected chi connectivity index (χ4v) is 9.95. The Bertz CT molecular complexity index is 3630. The average molecular weight is 969 g/mol. The quantitative estimate of drug-likeness (QED) is 0.120. The zero-order valence-corrected chi connectivity index (χ0v) is 42.4. The van der Waals surface area contributed by atoms with E-state index in [0.29, 0.717) is 0 Å². The maximum atomic E-state index is 6.28. The van der Waals surface area contributed by atoms with Gasteiger partial charge in [-0.05, 0) is 132 Å². The molecule has 0 bridgehead atoms. The van der Waals surface area contributed by atoms with Gasteiger partial charge in [-0.15, -0.1) is 0 Å². The molecule has 1 saturated heterocycles. The molecule has 75 heavy (non-hydrogen) atoms. The Labute approximate surface area is 439 Å². The summed E-state index contributed by atoms with van der Waals surface area (Å²) in [6.07, 6.45) is 7.86. The highest BCUT2D eigenvalue weighted by atomic mass is 16.7. The van der Waals surface area contributed by atoms with Crippen molar-refractivity contribution in [1.29, 1.82) is 0 Å². The minimum Gasteiger partial charge on any atom is -0.399 e. The summed E-state index contributed by atoms with van der Waals surface area (Å²) in [5, 5.41) is 0. The summed E-state index contributed by atoms with van der Waals surface area (Å²) >= 11 is 0. The van der Waals surface area contributed by atoms with Crippen molar-refractivity contribution in [3.63, 3.8) is 0 Å². The minimum atomic E-state index is -0.408. The molecule has 0 saturated carbocycles. The summed E-state index contributed by atoms with van der Waals surface area (Å²) < 4.78 is 12.6. The second kappa shape index (κ2) is 19.9. The zero-order chi connectivity index (χ0) is 50.9. The molecule has 1 aliphatic heterocycles. The Morgan fingerprint density at radius 1 is 0.267 bits per heavy atom. The fraction of sp³-hybridized carbons (Fsp3) is 0.0882. The van der Waals surface area contributed by atoms with Crippen LogP contribution in [0.15, 0.2) is 249 Å². The number of pyridine rings is 4. The van der Waals surface area contributed by atoms with Crippen LogP contribution in [-0.4, -0.2) is 38.3 Å². The maximum absolute atomic E-state index is 6.28. The summed E-state index contributed by atoms with van der Waals surface area (Å²) in [7, 11) is -0.408. The van der Waals surface area contributed by atoms with E-state index in [0.717, 1.165) is 117 Å². The van der Waals surface area contributed by atoms with Crippen LogP contribution in [0.4, 0.5) is 0 Å². The van der Waals surface area contributed by atoms with E-state index in [9.17, 15) is 0 Å². The van der Waals surface area contributed by atoms with Crippen molar-refractivity contribution in [2.45, 2.75) is 38.9 Å². The van der Waals surface area contributed by atoms with E-state index in [1.807, 2.05) is 61.2 Å². The number of aromatic nitrogens is 4. The van der Waals surface area contributed by atoms with Crippen LogP contribution in [-0.2, 0) is 9.31 Å². The summed E-state index contributed by atoms with van der Waals surface area (Å²) in [4.78, 5) is 19.8. The van der Waals surface area contributed by atoms with E-state index in [1.165, 1.54) is 0 Å². The molecular formula is C68H53BN4O2. The number of rotatable bonds is 11. The Hall–Kier alpha value is -8.88. The molecule has 7 heteroatoms. The van der Waals surface area contributed by atoms with Crippen LogP contribution in [0.25, 0.3) is 112 Å². The van der Waals surface area contributed by atoms with Gasteiger partial charge in [-0.2, -0.15) is 0 Å². The Balaban J connectivity index is 0.892. The molecule has 5 heterocycles. The van der Waals surface area contributed by atoms with Crippen molar-refractivity contribution in [1.82, 2.24) is 19.9 Å². The Morgan fingerprint density at radius 2 is 0.533 bits per heavy atom. The van der Waals surface area contributed by atoms with Crippen LogP contribution in [0, 0.1) is 0 Å². The van der Waals surface area contributed by atoms with Gasteiger partial charge >= 0.3 is 7.12 Å². The second-order valence-electron chi connectivity index (χ2n) is 20.1. The molecule has 11 aromatic rings. The van der Waals surface area contributed by atoms with Crippen LogP contribution in [0.2, 0.25) is 0 Å². The number of nitrogens with zero attached hydrogens (tertiary/aromatic N) is 4. The molecule has 6 nitrogen and oxygen atoms in total. The van der Waals surface area contributed by atoms with Gasteiger partial charge < -0.3 is 9.31 Å². The first-order valence-electron chi connectivity index (χ1n) is 25.5. The van der Waals surface area contributed by atoms with Gasteiger partial charge in [0.25, 0.3) is 0 Å². The normalized spacial score (nSPS) is 13.7. The van der Waals surface area contributed by atoms with Crippen LogP contribution < -0.4 is 5.46 Å². The van der Waals surface area contributed by atoms with Crippen molar-refractivity contribution in [2.75, 3.05) is 0 Å². The van der Waals surface area contributed by atoms with Gasteiger partial charge in [-0.25, -0.2) is 0 Å². The third kappa shape index (κ3) is 9.52. The van der Waals surface area contributed by atoms with Crippen molar-refractivity contribution in [3.05, 3.63) is 249 Å². The van der Waals surface area contributed by atoms with E-state index < -0.39 is 18.3 Å². The van der Waals surface area contributed by atoms with Crippen LogP contribution in [0.1, 0.15) is 27.7 Å². The Kier molecular flexibility index (Phi) is 12.5. The first-order chi connectivity index (χ1) is 36.6. The maximum Gasteiger partial charge on any atom is 0.494 e. The lowest BCUT2D eigenvalue weighted by Gasteiger charge is -2.32. The number of hydrogen-bond donors (Lipinski definition) is 0. The van der Waals surface area contributed by atoms with Gasteiger partial charge in [0, 0.05) is 63.7 Å². The minimum absolute atomic E-state index is 0.395. The second-order valence-corrected chi connectivity index (χ2v) is 20.1. The van der Waals surface area contributed by atoms with E-state index in [2.05, 4.69) is 216 Å². The van der Waals surface area contributed by atoms with Gasteiger partial charge in [0.1, 0.15) is 0 Å². The van der Waals surface area contributed by atoms with Crippen molar-refractivity contribution < 1.29 is 9.31 Å². The molecule has 12 rings (SSSR count). The molecule has 4 aromatic heterocycles. The van der Waals surface area contributed by atoms with Crippen LogP contribution in [0.5, 0.6) is 0 Å². The highest BCUT2D eigenvalue weighted by Gasteiger charge is 2.51. The molecule has 1 fully saturated rings. The molecule has 0 atom stereocenters.